The predicted octanol–water partition coefficient (Wildman–Crippen LogP) is 4.57. The smallest absolute Gasteiger partial charge is 0.257 e. The molecule has 0 aromatic carbocycles. The van der Waals surface area contributed by atoms with E-state index in [-0.39, 0.29) is 0 Å². The summed E-state index contributed by atoms with van der Waals surface area (Å²) in [6.07, 6.45) is 11.1. The lowest BCUT2D eigenvalue weighted by Crippen LogP contribution is -2.21. The molecule has 0 saturated carbocycles. The summed E-state index contributed by atoms with van der Waals surface area (Å²) in [5.41, 5.74) is 6.42. The van der Waals surface area contributed by atoms with E-state index in [9.17, 15) is 4.79 Å². The second-order valence-electron chi connectivity index (χ2n) is 6.61. The molecular weight excluding hydrogens is 346 g/mol. The van der Waals surface area contributed by atoms with E-state index in [0.717, 1.165) is 35.3 Å². The highest BCUT2D eigenvalue weighted by atomic mass is 16.1. The number of allylic oxidation sites excluding steroid dienone is 6. The summed E-state index contributed by atoms with van der Waals surface area (Å²) in [6.45, 7) is 20.7. The summed E-state index contributed by atoms with van der Waals surface area (Å²) in [5.74, 6) is -0.530. The van der Waals surface area contributed by atoms with Crippen molar-refractivity contribution < 1.29 is 4.79 Å². The third kappa shape index (κ3) is 7.51. The van der Waals surface area contributed by atoms with Gasteiger partial charge in [-0.15, -0.1) is 0 Å². The number of rotatable bonds is 12. The van der Waals surface area contributed by atoms with Gasteiger partial charge >= 0.3 is 0 Å². The maximum absolute atomic E-state index is 11.3. The number of nitrogens with zero attached hydrogens (tertiary/aromatic N) is 1. The molecule has 0 fully saturated rings. The molecular formula is C24H29N3O. The number of carbonyl (C=O) groups excluding carboxylic acids is 1. The lowest BCUT2D eigenvalue weighted by Gasteiger charge is -2.19. The van der Waals surface area contributed by atoms with Crippen LogP contribution in [0.15, 0.2) is 96.0 Å². The number of carbonyl (C=O) groups is 1. The molecule has 0 saturated heterocycles. The van der Waals surface area contributed by atoms with E-state index in [1.165, 1.54) is 5.70 Å². The van der Waals surface area contributed by atoms with Gasteiger partial charge in [0.15, 0.2) is 0 Å². The number of nitriles is 1. The van der Waals surface area contributed by atoms with Gasteiger partial charge in [0, 0.05) is 36.5 Å². The standard InChI is InChI=1S/C24H29N3O/c1-7-21(13-22(8-2)16-27-23-11-17(3)12-23)15-26-20(6)18(4)9-10-19(5)24(28)14-25/h7-8,10-11,13,26-27H,1,3-4,6,9,12,15-16H2,2,5H3/b19-10+,21-13+,22-8+. The quantitative estimate of drug-likeness (QED) is 0.298. The van der Waals surface area contributed by atoms with Crippen LogP contribution in [-0.4, -0.2) is 18.9 Å². The van der Waals surface area contributed by atoms with E-state index < -0.39 is 5.78 Å². The Hall–Kier alpha value is -3.32. The van der Waals surface area contributed by atoms with E-state index >= 15 is 0 Å². The van der Waals surface area contributed by atoms with Crippen LogP contribution in [0.4, 0.5) is 0 Å². The first kappa shape index (κ1) is 22.7. The number of hydrogen-bond donors (Lipinski definition) is 2. The maximum atomic E-state index is 11.3. The second-order valence-corrected chi connectivity index (χ2v) is 6.61. The van der Waals surface area contributed by atoms with E-state index in [1.807, 2.05) is 13.0 Å². The molecule has 0 aromatic rings. The zero-order valence-electron chi connectivity index (χ0n) is 16.9. The Morgan fingerprint density at radius 3 is 2.54 bits per heavy atom. The first-order valence-corrected chi connectivity index (χ1v) is 9.13. The molecule has 0 atom stereocenters. The Balaban J connectivity index is 2.56. The van der Waals surface area contributed by atoms with Crippen LogP contribution >= 0.6 is 0 Å². The molecule has 0 aliphatic heterocycles. The fourth-order valence-corrected chi connectivity index (χ4v) is 2.36. The van der Waals surface area contributed by atoms with Crippen LogP contribution in [0.25, 0.3) is 0 Å². The summed E-state index contributed by atoms with van der Waals surface area (Å²) in [6, 6.07) is 1.60. The Labute approximate surface area is 168 Å². The largest absolute Gasteiger partial charge is 0.384 e. The molecule has 4 heteroatoms. The molecule has 1 aliphatic rings. The minimum Gasteiger partial charge on any atom is -0.384 e. The van der Waals surface area contributed by atoms with Gasteiger partial charge in [0.2, 0.25) is 0 Å². The van der Waals surface area contributed by atoms with Crippen molar-refractivity contribution in [1.29, 1.82) is 5.26 Å². The Kier molecular flexibility index (Phi) is 9.25. The highest BCUT2D eigenvalue weighted by molar-refractivity contribution is 6.06. The monoisotopic (exact) mass is 375 g/mol. The van der Waals surface area contributed by atoms with Gasteiger partial charge in [0.05, 0.1) is 0 Å². The molecule has 1 aliphatic carbocycles. The van der Waals surface area contributed by atoms with Gasteiger partial charge in [-0.1, -0.05) is 50.6 Å². The number of ketones is 1. The number of nitrogens with one attached hydrogen (secondary N) is 2. The van der Waals surface area contributed by atoms with Gasteiger partial charge in [-0.3, -0.25) is 4.79 Å². The molecule has 0 spiro atoms. The van der Waals surface area contributed by atoms with Crippen molar-refractivity contribution in [3.8, 4) is 6.07 Å². The molecule has 0 bridgehead atoms. The van der Waals surface area contributed by atoms with Crippen LogP contribution in [-0.2, 0) is 4.79 Å². The SMILES string of the molecule is C=C/C(=C\C(=C/C)CNC1=CC(=C)C1)CNC(=C)C(=C)C/C=C(\C)C(=O)C#N. The lowest BCUT2D eigenvalue weighted by molar-refractivity contribution is -0.110. The van der Waals surface area contributed by atoms with E-state index in [2.05, 4.69) is 55.2 Å². The lowest BCUT2D eigenvalue weighted by atomic mass is 10.00. The predicted molar refractivity (Wildman–Crippen MR) is 117 cm³/mol. The molecule has 146 valence electrons. The number of hydrogen-bond acceptors (Lipinski definition) is 4. The van der Waals surface area contributed by atoms with Gasteiger partial charge in [0.25, 0.3) is 5.78 Å². The number of Topliss-reactive ketones (excluding diaryl/α,β-unsaturated/α-hetero) is 1. The average molecular weight is 376 g/mol. The molecule has 0 amide bonds. The average Bonchev–Trinajstić information content (AvgIpc) is 2.68. The van der Waals surface area contributed by atoms with Crippen molar-refractivity contribution in [3.63, 3.8) is 0 Å². The first-order chi connectivity index (χ1) is 13.3. The zero-order chi connectivity index (χ0) is 21.1. The molecule has 0 unspecified atom stereocenters. The van der Waals surface area contributed by atoms with Crippen LogP contribution in [0, 0.1) is 11.3 Å². The van der Waals surface area contributed by atoms with Crippen molar-refractivity contribution in [3.05, 3.63) is 96.0 Å². The van der Waals surface area contributed by atoms with Crippen molar-refractivity contribution in [2.45, 2.75) is 26.7 Å². The normalized spacial score (nSPS) is 14.4. The molecule has 0 radical (unpaired) electrons. The van der Waals surface area contributed by atoms with Crippen molar-refractivity contribution in [2.75, 3.05) is 13.1 Å². The summed E-state index contributed by atoms with van der Waals surface area (Å²) in [7, 11) is 0. The topological polar surface area (TPSA) is 64.9 Å². The van der Waals surface area contributed by atoms with Gasteiger partial charge in [-0.2, -0.15) is 5.26 Å². The van der Waals surface area contributed by atoms with Crippen LogP contribution in [0.3, 0.4) is 0 Å². The highest BCUT2D eigenvalue weighted by Crippen LogP contribution is 2.20. The Morgan fingerprint density at radius 2 is 2.00 bits per heavy atom. The van der Waals surface area contributed by atoms with E-state index in [4.69, 9.17) is 5.26 Å². The van der Waals surface area contributed by atoms with Crippen LogP contribution in [0.5, 0.6) is 0 Å². The van der Waals surface area contributed by atoms with Crippen molar-refractivity contribution >= 4 is 5.78 Å². The van der Waals surface area contributed by atoms with Crippen molar-refractivity contribution in [1.82, 2.24) is 10.6 Å². The molecule has 28 heavy (non-hydrogen) atoms. The van der Waals surface area contributed by atoms with Gasteiger partial charge in [-0.25, -0.2) is 0 Å². The Bertz CT molecular complexity index is 842. The molecule has 2 N–H and O–H groups in total. The van der Waals surface area contributed by atoms with Crippen molar-refractivity contribution in [2.24, 2.45) is 0 Å². The van der Waals surface area contributed by atoms with Gasteiger partial charge in [-0.05, 0) is 48.6 Å². The summed E-state index contributed by atoms with van der Waals surface area (Å²) < 4.78 is 0. The third-order valence-electron chi connectivity index (χ3n) is 4.37. The second kappa shape index (κ2) is 11.4. The first-order valence-electron chi connectivity index (χ1n) is 9.13. The minimum absolute atomic E-state index is 0.415. The molecule has 0 heterocycles. The Morgan fingerprint density at radius 1 is 1.32 bits per heavy atom. The maximum Gasteiger partial charge on any atom is 0.257 e. The minimum atomic E-state index is -0.530. The van der Waals surface area contributed by atoms with E-state index in [1.54, 1.807) is 19.1 Å². The van der Waals surface area contributed by atoms with Crippen LogP contribution in [0.2, 0.25) is 0 Å². The highest BCUT2D eigenvalue weighted by Gasteiger charge is 2.09. The zero-order valence-corrected chi connectivity index (χ0v) is 16.9. The third-order valence-corrected chi connectivity index (χ3v) is 4.37. The van der Waals surface area contributed by atoms with Crippen LogP contribution in [0.1, 0.15) is 26.7 Å². The summed E-state index contributed by atoms with van der Waals surface area (Å²) in [4.78, 5) is 11.3. The van der Waals surface area contributed by atoms with Gasteiger partial charge in [0.1, 0.15) is 6.07 Å². The fraction of sp³-hybridized carbons (Fsp3) is 0.250. The fourth-order valence-electron chi connectivity index (χ4n) is 2.36. The summed E-state index contributed by atoms with van der Waals surface area (Å²) >= 11 is 0. The van der Waals surface area contributed by atoms with Gasteiger partial charge < -0.3 is 10.6 Å². The van der Waals surface area contributed by atoms with E-state index in [0.29, 0.717) is 24.2 Å². The summed E-state index contributed by atoms with van der Waals surface area (Å²) in [5, 5.41) is 15.3. The molecule has 4 nitrogen and oxygen atoms in total. The molecule has 0 aromatic heterocycles. The van der Waals surface area contributed by atoms with Crippen LogP contribution < -0.4 is 10.6 Å². The molecule has 1 rings (SSSR count).